The van der Waals surface area contributed by atoms with E-state index in [2.05, 4.69) is 5.32 Å². The summed E-state index contributed by atoms with van der Waals surface area (Å²) in [6, 6.07) is 6.00. The van der Waals surface area contributed by atoms with Crippen LogP contribution in [0.1, 0.15) is 25.7 Å². The first kappa shape index (κ1) is 20.4. The summed E-state index contributed by atoms with van der Waals surface area (Å²) in [4.78, 5) is 39.2. The van der Waals surface area contributed by atoms with Gasteiger partial charge in [-0.15, -0.1) is 0 Å². The first-order valence-corrected chi connectivity index (χ1v) is 12.2. The lowest BCUT2D eigenvalue weighted by molar-refractivity contribution is -0.143. The number of carbonyl (C=O) groups excluding carboxylic acids is 3. The van der Waals surface area contributed by atoms with Crippen molar-refractivity contribution in [2.24, 2.45) is 23.7 Å². The van der Waals surface area contributed by atoms with E-state index >= 15 is 0 Å². The topological polar surface area (TPSA) is 104 Å². The molecule has 0 spiro atoms. The van der Waals surface area contributed by atoms with Crippen molar-refractivity contribution in [1.82, 2.24) is 9.21 Å². The van der Waals surface area contributed by atoms with Crippen LogP contribution < -0.4 is 5.32 Å². The number of allylic oxidation sites excluding steroid dienone is 2. The van der Waals surface area contributed by atoms with Gasteiger partial charge in [-0.2, -0.15) is 4.31 Å². The molecule has 8 nitrogen and oxygen atoms in total. The summed E-state index contributed by atoms with van der Waals surface area (Å²) >= 11 is 0. The summed E-state index contributed by atoms with van der Waals surface area (Å²) in [6.45, 7) is 0.730. The Morgan fingerprint density at radius 1 is 0.935 bits per heavy atom. The second-order valence-electron chi connectivity index (χ2n) is 8.80. The summed E-state index contributed by atoms with van der Waals surface area (Å²) in [6.07, 6.45) is 7.64. The van der Waals surface area contributed by atoms with E-state index in [0.717, 1.165) is 30.6 Å². The van der Waals surface area contributed by atoms with Gasteiger partial charge in [-0.05, 0) is 55.4 Å². The summed E-state index contributed by atoms with van der Waals surface area (Å²) < 4.78 is 27.0. The Balaban J connectivity index is 1.22. The number of hydrogen-bond acceptors (Lipinski definition) is 5. The number of anilines is 1. The predicted octanol–water partition coefficient (Wildman–Crippen LogP) is 1.61. The Hall–Kier alpha value is -2.52. The minimum atomic E-state index is -3.54. The maximum atomic E-state index is 12.7. The molecule has 2 aliphatic carbocycles. The predicted molar refractivity (Wildman–Crippen MR) is 112 cm³/mol. The van der Waals surface area contributed by atoms with Gasteiger partial charge in [0.15, 0.2) is 0 Å². The van der Waals surface area contributed by atoms with Crippen molar-refractivity contribution >= 4 is 33.4 Å². The van der Waals surface area contributed by atoms with Crippen LogP contribution in [-0.2, 0) is 24.4 Å². The van der Waals surface area contributed by atoms with Crippen molar-refractivity contribution in [3.8, 4) is 0 Å². The molecule has 2 aliphatic heterocycles. The molecular weight excluding hydrogens is 418 g/mol. The number of nitrogens with zero attached hydrogens (tertiary/aromatic N) is 2. The van der Waals surface area contributed by atoms with Crippen molar-refractivity contribution in [2.45, 2.75) is 30.6 Å². The molecule has 4 aliphatic rings. The van der Waals surface area contributed by atoms with Crippen molar-refractivity contribution in [1.29, 1.82) is 0 Å². The molecule has 2 heterocycles. The van der Waals surface area contributed by atoms with Gasteiger partial charge < -0.3 is 5.32 Å². The molecule has 5 rings (SSSR count). The molecule has 3 amide bonds. The number of piperidine rings is 1. The first-order chi connectivity index (χ1) is 14.9. The van der Waals surface area contributed by atoms with Crippen molar-refractivity contribution in [2.75, 3.05) is 25.0 Å². The number of amides is 3. The molecule has 1 aromatic carbocycles. The van der Waals surface area contributed by atoms with Gasteiger partial charge in [0.1, 0.15) is 6.54 Å². The van der Waals surface area contributed by atoms with Crippen molar-refractivity contribution < 1.29 is 22.8 Å². The first-order valence-electron chi connectivity index (χ1n) is 10.8. The molecule has 164 valence electrons. The van der Waals surface area contributed by atoms with Crippen LogP contribution in [0.2, 0.25) is 0 Å². The van der Waals surface area contributed by atoms with Gasteiger partial charge in [-0.1, -0.05) is 18.6 Å². The van der Waals surface area contributed by atoms with E-state index in [1.807, 2.05) is 12.2 Å². The SMILES string of the molecule is O=C(CN1C(=O)[C@H]2[C@H](C1=O)[C@H]1C=C[C@H]2C1)Nc1ccc(S(=O)(=O)N2CCCCC2)cc1. The number of sulfonamides is 1. The normalized spacial score (nSPS) is 30.1. The van der Waals surface area contributed by atoms with E-state index in [4.69, 9.17) is 0 Å². The highest BCUT2D eigenvalue weighted by Gasteiger charge is 2.59. The van der Waals surface area contributed by atoms with Gasteiger partial charge in [0.2, 0.25) is 27.7 Å². The molecular formula is C22H25N3O5S. The molecule has 4 atom stereocenters. The zero-order chi connectivity index (χ0) is 21.8. The van der Waals surface area contributed by atoms with Crippen LogP contribution in [0.4, 0.5) is 5.69 Å². The van der Waals surface area contributed by atoms with Crippen LogP contribution in [0.5, 0.6) is 0 Å². The van der Waals surface area contributed by atoms with E-state index in [-0.39, 0.29) is 46.9 Å². The third kappa shape index (κ3) is 3.40. The number of nitrogens with one attached hydrogen (secondary N) is 1. The van der Waals surface area contributed by atoms with Crippen LogP contribution in [0, 0.1) is 23.7 Å². The second kappa shape index (κ2) is 7.56. The number of imide groups is 1. The third-order valence-corrected chi connectivity index (χ3v) is 8.87. The fourth-order valence-corrected chi connectivity index (χ4v) is 6.95. The number of hydrogen-bond donors (Lipinski definition) is 1. The maximum absolute atomic E-state index is 12.7. The lowest BCUT2D eigenvalue weighted by Gasteiger charge is -2.25. The molecule has 1 aromatic rings. The van der Waals surface area contributed by atoms with Gasteiger partial charge in [0.25, 0.3) is 0 Å². The highest BCUT2D eigenvalue weighted by atomic mass is 32.2. The van der Waals surface area contributed by atoms with Gasteiger partial charge in [0.05, 0.1) is 16.7 Å². The Labute approximate surface area is 181 Å². The van der Waals surface area contributed by atoms with Gasteiger partial charge >= 0.3 is 0 Å². The lowest BCUT2D eigenvalue weighted by atomic mass is 9.85. The average molecular weight is 444 g/mol. The standard InChI is InChI=1S/C22H25N3O5S/c26-18(13-25-21(27)19-14-4-5-15(12-14)20(19)22(25)28)23-16-6-8-17(9-7-16)31(29,30)24-10-2-1-3-11-24/h4-9,14-15,19-20H,1-3,10-13H2,(H,23,26)/t14-,15-,19+,20+/m0/s1. The molecule has 1 N–H and O–H groups in total. The minimum Gasteiger partial charge on any atom is -0.325 e. The monoisotopic (exact) mass is 443 g/mol. The third-order valence-electron chi connectivity index (χ3n) is 6.95. The lowest BCUT2D eigenvalue weighted by Crippen LogP contribution is -2.39. The van der Waals surface area contributed by atoms with Crippen LogP contribution >= 0.6 is 0 Å². The highest BCUT2D eigenvalue weighted by molar-refractivity contribution is 7.89. The van der Waals surface area contributed by atoms with Crippen molar-refractivity contribution in [3.05, 3.63) is 36.4 Å². The molecule has 3 fully saturated rings. The fraction of sp³-hybridized carbons (Fsp3) is 0.500. The van der Waals surface area contributed by atoms with Crippen molar-refractivity contribution in [3.63, 3.8) is 0 Å². The second-order valence-corrected chi connectivity index (χ2v) is 10.7. The number of carbonyl (C=O) groups is 3. The Morgan fingerprint density at radius 2 is 1.52 bits per heavy atom. The van der Waals surface area contributed by atoms with Crippen LogP contribution in [0.3, 0.4) is 0 Å². The molecule has 0 unspecified atom stereocenters. The van der Waals surface area contributed by atoms with Gasteiger partial charge in [-0.25, -0.2) is 8.42 Å². The summed E-state index contributed by atoms with van der Waals surface area (Å²) in [7, 11) is -3.54. The van der Waals surface area contributed by atoms with E-state index in [1.54, 1.807) is 0 Å². The molecule has 2 bridgehead atoms. The molecule has 31 heavy (non-hydrogen) atoms. The zero-order valence-electron chi connectivity index (χ0n) is 17.1. The number of likely N-dealkylation sites (tertiary alicyclic amines) is 1. The highest BCUT2D eigenvalue weighted by Crippen LogP contribution is 2.52. The van der Waals surface area contributed by atoms with E-state index in [0.29, 0.717) is 18.8 Å². The molecule has 0 aromatic heterocycles. The zero-order valence-corrected chi connectivity index (χ0v) is 17.9. The van der Waals surface area contributed by atoms with Crippen LogP contribution in [0.25, 0.3) is 0 Å². The van der Waals surface area contributed by atoms with E-state index < -0.39 is 15.9 Å². The summed E-state index contributed by atoms with van der Waals surface area (Å²) in [5, 5.41) is 2.66. The van der Waals surface area contributed by atoms with Gasteiger partial charge in [-0.3, -0.25) is 19.3 Å². The molecule has 0 radical (unpaired) electrons. The van der Waals surface area contributed by atoms with E-state index in [9.17, 15) is 22.8 Å². The van der Waals surface area contributed by atoms with E-state index in [1.165, 1.54) is 28.6 Å². The minimum absolute atomic E-state index is 0.105. The average Bonchev–Trinajstić information content (AvgIpc) is 3.45. The number of benzene rings is 1. The number of rotatable bonds is 5. The molecule has 1 saturated carbocycles. The fourth-order valence-electron chi connectivity index (χ4n) is 5.43. The van der Waals surface area contributed by atoms with Crippen LogP contribution in [-0.4, -0.2) is 55.0 Å². The largest absolute Gasteiger partial charge is 0.325 e. The summed E-state index contributed by atoms with van der Waals surface area (Å²) in [5.41, 5.74) is 0.420. The smallest absolute Gasteiger partial charge is 0.244 e. The quantitative estimate of drug-likeness (QED) is 0.550. The number of fused-ring (bicyclic) bond motifs is 5. The summed E-state index contributed by atoms with van der Waals surface area (Å²) in [5.74, 6) is -1.43. The molecule has 9 heteroatoms. The Morgan fingerprint density at radius 3 is 2.10 bits per heavy atom. The Kier molecular flexibility index (Phi) is 4.97. The van der Waals surface area contributed by atoms with Gasteiger partial charge in [0, 0.05) is 18.8 Å². The Bertz CT molecular complexity index is 1030. The maximum Gasteiger partial charge on any atom is 0.244 e. The molecule has 2 saturated heterocycles. The van der Waals surface area contributed by atoms with Crippen LogP contribution in [0.15, 0.2) is 41.3 Å².